The van der Waals surface area contributed by atoms with Crippen LogP contribution in [0.5, 0.6) is 0 Å². The van der Waals surface area contributed by atoms with E-state index >= 15 is 0 Å². The molecule has 0 amide bonds. The Labute approximate surface area is 134 Å². The summed E-state index contributed by atoms with van der Waals surface area (Å²) in [7, 11) is 2.01. The monoisotopic (exact) mass is 312 g/mol. The van der Waals surface area contributed by atoms with Crippen LogP contribution in [0.2, 0.25) is 0 Å². The van der Waals surface area contributed by atoms with E-state index in [1.54, 1.807) is 11.3 Å². The van der Waals surface area contributed by atoms with Gasteiger partial charge in [-0.15, -0.1) is 11.3 Å². The number of nitrogens with one attached hydrogen (secondary N) is 1. The maximum Gasteiger partial charge on any atom is 0.156 e. The zero-order valence-corrected chi connectivity index (χ0v) is 13.6. The summed E-state index contributed by atoms with van der Waals surface area (Å²) in [5.74, 6) is 1.02. The van der Waals surface area contributed by atoms with E-state index in [-0.39, 0.29) is 0 Å². The molecule has 2 heterocycles. The highest BCUT2D eigenvalue weighted by molar-refractivity contribution is 7.13. The number of thiazole rings is 1. The summed E-state index contributed by atoms with van der Waals surface area (Å²) in [5.41, 5.74) is 4.27. The molecule has 0 atom stereocenters. The quantitative estimate of drug-likeness (QED) is 0.777. The Bertz CT molecular complexity index is 769. The van der Waals surface area contributed by atoms with Crippen molar-refractivity contribution in [3.8, 4) is 10.4 Å². The second-order valence-corrected chi connectivity index (χ2v) is 6.94. The standard InChI is InChI=1S/C17H20N4S/c1-21-15-8-7-12(16-10-18-11-22-16)9-14(15)17(20-21)19-13-5-3-2-4-6-13/h7-11,13H,2-6H2,1H3,(H,19,20). The van der Waals surface area contributed by atoms with Gasteiger partial charge in [-0.25, -0.2) is 0 Å². The van der Waals surface area contributed by atoms with Gasteiger partial charge in [0.25, 0.3) is 0 Å². The van der Waals surface area contributed by atoms with Crippen LogP contribution in [0.3, 0.4) is 0 Å². The van der Waals surface area contributed by atoms with Gasteiger partial charge in [-0.1, -0.05) is 25.3 Å². The molecule has 0 saturated heterocycles. The van der Waals surface area contributed by atoms with E-state index in [1.807, 2.05) is 23.4 Å². The van der Waals surface area contributed by atoms with Gasteiger partial charge in [0.15, 0.2) is 5.82 Å². The molecule has 22 heavy (non-hydrogen) atoms. The van der Waals surface area contributed by atoms with Crippen LogP contribution in [-0.2, 0) is 7.05 Å². The average Bonchev–Trinajstić information content (AvgIpc) is 3.18. The normalized spacial score (nSPS) is 16.2. The van der Waals surface area contributed by atoms with Crippen molar-refractivity contribution in [3.63, 3.8) is 0 Å². The lowest BCUT2D eigenvalue weighted by atomic mass is 9.95. The summed E-state index contributed by atoms with van der Waals surface area (Å²) in [4.78, 5) is 5.39. The summed E-state index contributed by atoms with van der Waals surface area (Å²) in [6.07, 6.45) is 8.47. The third-order valence-electron chi connectivity index (χ3n) is 4.51. The first-order valence-electron chi connectivity index (χ1n) is 7.93. The first kappa shape index (κ1) is 13.8. The van der Waals surface area contributed by atoms with Crippen molar-refractivity contribution in [1.82, 2.24) is 14.8 Å². The molecule has 1 aliphatic rings. The van der Waals surface area contributed by atoms with Crippen molar-refractivity contribution in [2.75, 3.05) is 5.32 Å². The molecule has 4 rings (SSSR count). The summed E-state index contributed by atoms with van der Waals surface area (Å²) in [5, 5.41) is 9.58. The van der Waals surface area contributed by atoms with Gasteiger partial charge in [0, 0.05) is 24.7 Å². The van der Waals surface area contributed by atoms with Crippen molar-refractivity contribution in [3.05, 3.63) is 29.9 Å². The first-order valence-corrected chi connectivity index (χ1v) is 8.81. The molecule has 0 radical (unpaired) electrons. The molecule has 0 spiro atoms. The van der Waals surface area contributed by atoms with Gasteiger partial charge in [-0.3, -0.25) is 9.67 Å². The highest BCUT2D eigenvalue weighted by Crippen LogP contribution is 2.31. The van der Waals surface area contributed by atoms with Crippen LogP contribution in [0.15, 0.2) is 29.9 Å². The highest BCUT2D eigenvalue weighted by atomic mass is 32.1. The van der Waals surface area contributed by atoms with Gasteiger partial charge in [0.2, 0.25) is 0 Å². The number of nitrogens with zero attached hydrogens (tertiary/aromatic N) is 3. The van der Waals surface area contributed by atoms with Crippen molar-refractivity contribution < 1.29 is 0 Å². The van der Waals surface area contributed by atoms with E-state index in [9.17, 15) is 0 Å². The van der Waals surface area contributed by atoms with E-state index in [0.717, 1.165) is 5.82 Å². The number of hydrogen-bond acceptors (Lipinski definition) is 4. The summed E-state index contributed by atoms with van der Waals surface area (Å²) >= 11 is 1.67. The van der Waals surface area contributed by atoms with E-state index in [0.29, 0.717) is 6.04 Å². The average molecular weight is 312 g/mol. The summed E-state index contributed by atoms with van der Waals surface area (Å²) < 4.78 is 1.97. The minimum atomic E-state index is 0.568. The van der Waals surface area contributed by atoms with Gasteiger partial charge in [-0.2, -0.15) is 5.10 Å². The molecular weight excluding hydrogens is 292 g/mol. The van der Waals surface area contributed by atoms with Crippen molar-refractivity contribution in [1.29, 1.82) is 0 Å². The molecule has 0 aliphatic heterocycles. The molecule has 4 nitrogen and oxygen atoms in total. The number of aryl methyl sites for hydroxylation is 1. The zero-order valence-electron chi connectivity index (χ0n) is 12.7. The second-order valence-electron chi connectivity index (χ2n) is 6.05. The maximum atomic E-state index is 4.70. The number of hydrogen-bond donors (Lipinski definition) is 1. The minimum Gasteiger partial charge on any atom is -0.365 e. The van der Waals surface area contributed by atoms with E-state index in [4.69, 9.17) is 5.10 Å². The number of rotatable bonds is 3. The number of benzene rings is 1. The smallest absolute Gasteiger partial charge is 0.156 e. The molecule has 1 fully saturated rings. The van der Waals surface area contributed by atoms with Crippen LogP contribution in [0.25, 0.3) is 21.3 Å². The predicted octanol–water partition coefficient (Wildman–Crippen LogP) is 4.44. The Morgan fingerprint density at radius 3 is 2.86 bits per heavy atom. The molecule has 1 aliphatic carbocycles. The van der Waals surface area contributed by atoms with Crippen LogP contribution < -0.4 is 5.32 Å². The molecule has 2 aromatic heterocycles. The molecule has 0 bridgehead atoms. The summed E-state index contributed by atoms with van der Waals surface area (Å²) in [6, 6.07) is 7.12. The van der Waals surface area contributed by atoms with Gasteiger partial charge in [0.1, 0.15) is 0 Å². The first-order chi connectivity index (χ1) is 10.8. The number of fused-ring (bicyclic) bond motifs is 1. The summed E-state index contributed by atoms with van der Waals surface area (Å²) in [6.45, 7) is 0. The van der Waals surface area contributed by atoms with Crippen molar-refractivity contribution >= 4 is 28.1 Å². The van der Waals surface area contributed by atoms with Crippen molar-refractivity contribution in [2.24, 2.45) is 7.05 Å². The van der Waals surface area contributed by atoms with E-state index < -0.39 is 0 Å². The van der Waals surface area contributed by atoms with Gasteiger partial charge in [-0.05, 0) is 30.5 Å². The molecule has 1 saturated carbocycles. The lowest BCUT2D eigenvalue weighted by molar-refractivity contribution is 0.461. The molecule has 1 N–H and O–H groups in total. The Morgan fingerprint density at radius 2 is 2.09 bits per heavy atom. The fourth-order valence-electron chi connectivity index (χ4n) is 3.32. The van der Waals surface area contributed by atoms with Gasteiger partial charge in [0.05, 0.1) is 15.9 Å². The Kier molecular flexibility index (Phi) is 3.58. The van der Waals surface area contributed by atoms with Gasteiger partial charge >= 0.3 is 0 Å². The van der Waals surface area contributed by atoms with Crippen molar-refractivity contribution in [2.45, 2.75) is 38.1 Å². The lowest BCUT2D eigenvalue weighted by Gasteiger charge is -2.22. The SMILES string of the molecule is Cn1nc(NC2CCCCC2)c2cc(-c3cncs3)ccc21. The molecule has 114 valence electrons. The van der Waals surface area contributed by atoms with Crippen LogP contribution in [-0.4, -0.2) is 20.8 Å². The Balaban J connectivity index is 1.72. The molecule has 3 aromatic rings. The maximum absolute atomic E-state index is 4.70. The topological polar surface area (TPSA) is 42.7 Å². The van der Waals surface area contributed by atoms with Crippen LogP contribution in [0, 0.1) is 0 Å². The zero-order chi connectivity index (χ0) is 14.9. The Morgan fingerprint density at radius 1 is 1.23 bits per heavy atom. The second kappa shape index (κ2) is 5.72. The molecular formula is C17H20N4S. The number of anilines is 1. The van der Waals surface area contributed by atoms with E-state index in [1.165, 1.54) is 53.4 Å². The lowest BCUT2D eigenvalue weighted by Crippen LogP contribution is -2.22. The molecule has 1 aromatic carbocycles. The molecule has 0 unspecified atom stereocenters. The predicted molar refractivity (Wildman–Crippen MR) is 92.3 cm³/mol. The van der Waals surface area contributed by atoms with E-state index in [2.05, 4.69) is 28.5 Å². The largest absolute Gasteiger partial charge is 0.365 e. The third kappa shape index (κ3) is 2.50. The third-order valence-corrected chi connectivity index (χ3v) is 5.34. The minimum absolute atomic E-state index is 0.568. The number of aromatic nitrogens is 3. The van der Waals surface area contributed by atoms with Gasteiger partial charge < -0.3 is 5.32 Å². The van der Waals surface area contributed by atoms with Crippen LogP contribution in [0.1, 0.15) is 32.1 Å². The highest BCUT2D eigenvalue weighted by Gasteiger charge is 2.17. The fourth-order valence-corrected chi connectivity index (χ4v) is 3.94. The van der Waals surface area contributed by atoms with Crippen LogP contribution in [0.4, 0.5) is 5.82 Å². The Hall–Kier alpha value is -1.88. The fraction of sp³-hybridized carbons (Fsp3) is 0.412. The van der Waals surface area contributed by atoms with Crippen LogP contribution >= 0.6 is 11.3 Å². The molecule has 5 heteroatoms.